The summed E-state index contributed by atoms with van der Waals surface area (Å²) < 4.78 is 5.67. The van der Waals surface area contributed by atoms with E-state index in [-0.39, 0.29) is 5.41 Å². The lowest BCUT2D eigenvalue weighted by molar-refractivity contribution is 0.101. The van der Waals surface area contributed by atoms with E-state index in [1.54, 1.807) is 0 Å². The third-order valence-electron chi connectivity index (χ3n) is 4.16. The summed E-state index contributed by atoms with van der Waals surface area (Å²) in [6, 6.07) is 6.10. The first-order chi connectivity index (χ1) is 9.70. The molecule has 0 spiro atoms. The molecule has 3 nitrogen and oxygen atoms in total. The van der Waals surface area contributed by atoms with Crippen LogP contribution < -0.4 is 10.1 Å². The van der Waals surface area contributed by atoms with E-state index >= 15 is 0 Å². The van der Waals surface area contributed by atoms with E-state index < -0.39 is 6.10 Å². The van der Waals surface area contributed by atoms with Gasteiger partial charge in [0.25, 0.3) is 0 Å². The maximum Gasteiger partial charge on any atom is 0.119 e. The highest BCUT2D eigenvalue weighted by Gasteiger charge is 2.21. The van der Waals surface area contributed by atoms with Crippen molar-refractivity contribution in [2.24, 2.45) is 11.3 Å². The van der Waals surface area contributed by atoms with Crippen LogP contribution in [0.15, 0.2) is 18.2 Å². The molecule has 1 rings (SSSR count). The van der Waals surface area contributed by atoms with Crippen LogP contribution >= 0.6 is 0 Å². The predicted molar refractivity (Wildman–Crippen MR) is 88.9 cm³/mol. The fourth-order valence-electron chi connectivity index (χ4n) is 2.03. The lowest BCUT2D eigenvalue weighted by atomic mass is 9.81. The summed E-state index contributed by atoms with van der Waals surface area (Å²) in [4.78, 5) is 0. The molecule has 0 heterocycles. The van der Waals surface area contributed by atoms with Crippen molar-refractivity contribution in [1.82, 2.24) is 5.32 Å². The summed E-state index contributed by atoms with van der Waals surface area (Å²) in [5, 5.41) is 13.3. The van der Waals surface area contributed by atoms with E-state index in [9.17, 15) is 5.11 Å². The highest BCUT2D eigenvalue weighted by atomic mass is 16.5. The molecule has 0 aromatic heterocycles. The number of rotatable bonds is 8. The number of aliphatic hydroxyl groups excluding tert-OH is 1. The van der Waals surface area contributed by atoms with Gasteiger partial charge in [0.1, 0.15) is 18.5 Å². The lowest BCUT2D eigenvalue weighted by Gasteiger charge is -2.30. The minimum absolute atomic E-state index is 0.230. The predicted octanol–water partition coefficient (Wildman–Crippen LogP) is 3.31. The van der Waals surface area contributed by atoms with Gasteiger partial charge in [-0.3, -0.25) is 0 Å². The zero-order valence-electron chi connectivity index (χ0n) is 14.4. The standard InChI is InChI=1S/C18H31NO2/c1-13(2)18(5,6)12-19-10-16(20)11-21-17-8-14(3)7-15(4)9-17/h7-9,13,16,19-20H,10-12H2,1-6H3. The highest BCUT2D eigenvalue weighted by Crippen LogP contribution is 2.24. The smallest absolute Gasteiger partial charge is 0.119 e. The zero-order chi connectivity index (χ0) is 16.0. The maximum atomic E-state index is 10.00. The third kappa shape index (κ3) is 6.49. The summed E-state index contributed by atoms with van der Waals surface area (Å²) in [5.41, 5.74) is 2.58. The summed E-state index contributed by atoms with van der Waals surface area (Å²) in [5.74, 6) is 1.43. The van der Waals surface area contributed by atoms with Crippen LogP contribution in [0.1, 0.15) is 38.8 Å². The Bertz CT molecular complexity index is 421. The number of nitrogens with one attached hydrogen (secondary N) is 1. The van der Waals surface area contributed by atoms with E-state index in [0.29, 0.717) is 19.1 Å². The molecule has 0 saturated heterocycles. The second-order valence-electron chi connectivity index (χ2n) is 7.06. The molecule has 0 fully saturated rings. The van der Waals surface area contributed by atoms with Crippen molar-refractivity contribution in [3.63, 3.8) is 0 Å². The van der Waals surface area contributed by atoms with Gasteiger partial charge in [-0.05, 0) is 48.4 Å². The number of benzene rings is 1. The van der Waals surface area contributed by atoms with Crippen molar-refractivity contribution in [3.8, 4) is 5.75 Å². The molecule has 1 unspecified atom stereocenters. The molecule has 2 N–H and O–H groups in total. The summed E-state index contributed by atoms with van der Waals surface area (Å²) in [6.45, 7) is 14.8. The van der Waals surface area contributed by atoms with E-state index in [2.05, 4.69) is 39.1 Å². The number of hydrogen-bond acceptors (Lipinski definition) is 3. The van der Waals surface area contributed by atoms with Gasteiger partial charge in [0.05, 0.1) is 0 Å². The van der Waals surface area contributed by atoms with Gasteiger partial charge in [-0.1, -0.05) is 33.8 Å². The van der Waals surface area contributed by atoms with Gasteiger partial charge in [0.15, 0.2) is 0 Å². The normalized spacial score (nSPS) is 13.5. The summed E-state index contributed by atoms with van der Waals surface area (Å²) in [7, 11) is 0. The quantitative estimate of drug-likeness (QED) is 0.772. The van der Waals surface area contributed by atoms with Gasteiger partial charge in [-0.15, -0.1) is 0 Å². The van der Waals surface area contributed by atoms with Crippen molar-refractivity contribution in [2.45, 2.75) is 47.6 Å². The van der Waals surface area contributed by atoms with Crippen LogP contribution in [0, 0.1) is 25.2 Å². The summed E-state index contributed by atoms with van der Waals surface area (Å²) >= 11 is 0. The average Bonchev–Trinajstić information content (AvgIpc) is 2.35. The molecule has 0 aliphatic carbocycles. The number of ether oxygens (including phenoxy) is 1. The fraction of sp³-hybridized carbons (Fsp3) is 0.667. The van der Waals surface area contributed by atoms with Crippen LogP contribution in [-0.4, -0.2) is 30.9 Å². The second kappa shape index (κ2) is 7.81. The Morgan fingerprint density at radius 1 is 1.14 bits per heavy atom. The first-order valence-corrected chi connectivity index (χ1v) is 7.80. The Hall–Kier alpha value is -1.06. The van der Waals surface area contributed by atoms with Crippen LogP contribution in [0.4, 0.5) is 0 Å². The Balaban J connectivity index is 2.33. The summed E-state index contributed by atoms with van der Waals surface area (Å²) in [6.07, 6.45) is -0.492. The molecule has 0 aliphatic rings. The fourth-order valence-corrected chi connectivity index (χ4v) is 2.03. The van der Waals surface area contributed by atoms with Crippen molar-refractivity contribution < 1.29 is 9.84 Å². The van der Waals surface area contributed by atoms with Crippen molar-refractivity contribution in [1.29, 1.82) is 0 Å². The van der Waals surface area contributed by atoms with E-state index in [1.165, 1.54) is 11.1 Å². The zero-order valence-corrected chi connectivity index (χ0v) is 14.4. The molecule has 1 aromatic carbocycles. The maximum absolute atomic E-state index is 10.00. The Morgan fingerprint density at radius 2 is 1.71 bits per heavy atom. The minimum Gasteiger partial charge on any atom is -0.491 e. The van der Waals surface area contributed by atoms with Crippen LogP contribution in [0.3, 0.4) is 0 Å². The Labute approximate surface area is 129 Å². The molecule has 3 heteroatoms. The van der Waals surface area contributed by atoms with Gasteiger partial charge in [-0.25, -0.2) is 0 Å². The minimum atomic E-state index is -0.492. The molecule has 0 radical (unpaired) electrons. The molecule has 0 saturated carbocycles. The average molecular weight is 293 g/mol. The number of aliphatic hydroxyl groups is 1. The van der Waals surface area contributed by atoms with E-state index in [1.807, 2.05) is 26.0 Å². The molecule has 21 heavy (non-hydrogen) atoms. The van der Waals surface area contributed by atoms with Gasteiger partial charge in [0, 0.05) is 13.1 Å². The molecule has 120 valence electrons. The van der Waals surface area contributed by atoms with Crippen LogP contribution in [0.5, 0.6) is 5.75 Å². The van der Waals surface area contributed by atoms with E-state index in [4.69, 9.17) is 4.74 Å². The topological polar surface area (TPSA) is 41.5 Å². The van der Waals surface area contributed by atoms with Crippen LogP contribution in [0.2, 0.25) is 0 Å². The molecular weight excluding hydrogens is 262 g/mol. The SMILES string of the molecule is Cc1cc(C)cc(OCC(O)CNCC(C)(C)C(C)C)c1. The molecule has 0 bridgehead atoms. The third-order valence-corrected chi connectivity index (χ3v) is 4.16. The first-order valence-electron chi connectivity index (χ1n) is 7.80. The molecule has 0 amide bonds. The molecule has 0 aliphatic heterocycles. The van der Waals surface area contributed by atoms with Crippen molar-refractivity contribution >= 4 is 0 Å². The van der Waals surface area contributed by atoms with Gasteiger partial charge >= 0.3 is 0 Å². The van der Waals surface area contributed by atoms with Gasteiger partial charge in [0.2, 0.25) is 0 Å². The van der Waals surface area contributed by atoms with Crippen molar-refractivity contribution in [2.75, 3.05) is 19.7 Å². The second-order valence-corrected chi connectivity index (χ2v) is 7.06. The first kappa shape index (κ1) is 18.0. The van der Waals surface area contributed by atoms with Gasteiger partial charge < -0.3 is 15.2 Å². The molecule has 1 aromatic rings. The Morgan fingerprint density at radius 3 is 2.24 bits per heavy atom. The molecule has 1 atom stereocenters. The number of hydrogen-bond donors (Lipinski definition) is 2. The largest absolute Gasteiger partial charge is 0.491 e. The van der Waals surface area contributed by atoms with E-state index in [0.717, 1.165) is 12.3 Å². The van der Waals surface area contributed by atoms with Crippen LogP contribution in [0.25, 0.3) is 0 Å². The number of aryl methyl sites for hydroxylation is 2. The highest BCUT2D eigenvalue weighted by molar-refractivity contribution is 5.32. The van der Waals surface area contributed by atoms with Gasteiger partial charge in [-0.2, -0.15) is 0 Å². The van der Waals surface area contributed by atoms with Crippen molar-refractivity contribution in [3.05, 3.63) is 29.3 Å². The van der Waals surface area contributed by atoms with Crippen LogP contribution in [-0.2, 0) is 0 Å². The molecular formula is C18H31NO2. The monoisotopic (exact) mass is 293 g/mol. The lowest BCUT2D eigenvalue weighted by Crippen LogP contribution is -2.39. The Kier molecular flexibility index (Phi) is 6.69.